The van der Waals surface area contributed by atoms with Crippen LogP contribution in [0.25, 0.3) is 0 Å². The quantitative estimate of drug-likeness (QED) is 0.847. The van der Waals surface area contributed by atoms with Crippen LogP contribution in [-0.4, -0.2) is 19.1 Å². The molecule has 1 amide bonds. The predicted molar refractivity (Wildman–Crippen MR) is 88.2 cm³/mol. The first-order chi connectivity index (χ1) is 10.6. The zero-order valence-electron chi connectivity index (χ0n) is 11.9. The zero-order valence-corrected chi connectivity index (χ0v) is 13.4. The SMILES string of the molecule is CCOc1ccccc1OCC(=O)Nc1cccc(Cl)c1Cl. The summed E-state index contributed by atoms with van der Waals surface area (Å²) < 4.78 is 10.9. The van der Waals surface area contributed by atoms with Crippen molar-refractivity contribution in [2.24, 2.45) is 0 Å². The van der Waals surface area contributed by atoms with Crippen LogP contribution in [0.15, 0.2) is 42.5 Å². The molecule has 6 heteroatoms. The number of halogens is 2. The standard InChI is InChI=1S/C16H15Cl2NO3/c1-2-21-13-8-3-4-9-14(13)22-10-15(20)19-12-7-5-6-11(17)16(12)18/h3-9H,2,10H2,1H3,(H,19,20). The van der Waals surface area contributed by atoms with Gasteiger partial charge in [-0.25, -0.2) is 0 Å². The van der Waals surface area contributed by atoms with Gasteiger partial charge in [0.25, 0.3) is 5.91 Å². The molecule has 1 N–H and O–H groups in total. The zero-order chi connectivity index (χ0) is 15.9. The monoisotopic (exact) mass is 339 g/mol. The number of hydrogen-bond acceptors (Lipinski definition) is 3. The van der Waals surface area contributed by atoms with E-state index in [1.807, 2.05) is 19.1 Å². The second-order valence-corrected chi connectivity index (χ2v) is 5.10. The third-order valence-electron chi connectivity index (χ3n) is 2.73. The maximum atomic E-state index is 11.9. The van der Waals surface area contributed by atoms with Gasteiger partial charge in [-0.05, 0) is 31.2 Å². The van der Waals surface area contributed by atoms with E-state index in [9.17, 15) is 4.79 Å². The summed E-state index contributed by atoms with van der Waals surface area (Å²) in [7, 11) is 0. The average Bonchev–Trinajstić information content (AvgIpc) is 2.51. The Balaban J connectivity index is 1.97. The third kappa shape index (κ3) is 4.29. The largest absolute Gasteiger partial charge is 0.490 e. The number of benzene rings is 2. The fraction of sp³-hybridized carbons (Fsp3) is 0.188. The summed E-state index contributed by atoms with van der Waals surface area (Å²) in [6.45, 7) is 2.24. The summed E-state index contributed by atoms with van der Waals surface area (Å²) in [5.74, 6) is 0.769. The van der Waals surface area contributed by atoms with Crippen LogP contribution >= 0.6 is 23.2 Å². The van der Waals surface area contributed by atoms with Gasteiger partial charge in [-0.1, -0.05) is 41.4 Å². The molecule has 0 radical (unpaired) electrons. The van der Waals surface area contributed by atoms with Crippen molar-refractivity contribution in [2.75, 3.05) is 18.5 Å². The van der Waals surface area contributed by atoms with Crippen LogP contribution in [0.3, 0.4) is 0 Å². The fourth-order valence-corrected chi connectivity index (χ4v) is 2.12. The van der Waals surface area contributed by atoms with Crippen LogP contribution in [0, 0.1) is 0 Å². The van der Waals surface area contributed by atoms with Gasteiger partial charge in [-0.2, -0.15) is 0 Å². The van der Waals surface area contributed by atoms with Crippen molar-refractivity contribution in [2.45, 2.75) is 6.92 Å². The Morgan fingerprint density at radius 2 is 1.73 bits per heavy atom. The first-order valence-corrected chi connectivity index (χ1v) is 7.46. The number of carbonyl (C=O) groups excluding carboxylic acids is 1. The van der Waals surface area contributed by atoms with E-state index in [2.05, 4.69) is 5.32 Å². The van der Waals surface area contributed by atoms with Crippen molar-refractivity contribution >= 4 is 34.8 Å². The van der Waals surface area contributed by atoms with Gasteiger partial charge in [0.05, 0.1) is 22.3 Å². The van der Waals surface area contributed by atoms with Gasteiger partial charge in [0.15, 0.2) is 18.1 Å². The van der Waals surface area contributed by atoms with Crippen molar-refractivity contribution in [1.29, 1.82) is 0 Å². The van der Waals surface area contributed by atoms with E-state index >= 15 is 0 Å². The second-order valence-electron chi connectivity index (χ2n) is 4.32. The molecular formula is C16H15Cl2NO3. The Hall–Kier alpha value is -1.91. The van der Waals surface area contributed by atoms with Gasteiger partial charge in [0.2, 0.25) is 0 Å². The molecule has 2 rings (SSSR count). The molecule has 0 unspecified atom stereocenters. The van der Waals surface area contributed by atoms with E-state index in [0.29, 0.717) is 33.8 Å². The minimum Gasteiger partial charge on any atom is -0.490 e. The van der Waals surface area contributed by atoms with Crippen molar-refractivity contribution in [3.63, 3.8) is 0 Å². The Bertz CT molecular complexity index is 662. The molecule has 0 aliphatic rings. The first kappa shape index (κ1) is 16.5. The number of amides is 1. The molecule has 0 spiro atoms. The van der Waals surface area contributed by atoms with E-state index in [-0.39, 0.29) is 12.5 Å². The molecule has 0 heterocycles. The molecule has 0 aromatic heterocycles. The summed E-state index contributed by atoms with van der Waals surface area (Å²) in [6, 6.07) is 12.2. The lowest BCUT2D eigenvalue weighted by molar-refractivity contribution is -0.118. The smallest absolute Gasteiger partial charge is 0.262 e. The van der Waals surface area contributed by atoms with Gasteiger partial charge in [0, 0.05) is 0 Å². The summed E-state index contributed by atoms with van der Waals surface area (Å²) in [5, 5.41) is 3.33. The summed E-state index contributed by atoms with van der Waals surface area (Å²) in [4.78, 5) is 11.9. The van der Waals surface area contributed by atoms with E-state index in [4.69, 9.17) is 32.7 Å². The lowest BCUT2D eigenvalue weighted by Crippen LogP contribution is -2.20. The Morgan fingerprint density at radius 3 is 2.41 bits per heavy atom. The number of para-hydroxylation sites is 2. The third-order valence-corrected chi connectivity index (χ3v) is 3.55. The van der Waals surface area contributed by atoms with Gasteiger partial charge >= 0.3 is 0 Å². The second kappa shape index (κ2) is 7.92. The number of ether oxygens (including phenoxy) is 2. The highest BCUT2D eigenvalue weighted by Crippen LogP contribution is 2.30. The van der Waals surface area contributed by atoms with Crippen LogP contribution in [-0.2, 0) is 4.79 Å². The van der Waals surface area contributed by atoms with Crippen molar-refractivity contribution in [3.8, 4) is 11.5 Å². The van der Waals surface area contributed by atoms with Gasteiger partial charge in [-0.3, -0.25) is 4.79 Å². The number of anilines is 1. The molecule has 2 aromatic carbocycles. The van der Waals surface area contributed by atoms with Crippen LogP contribution in [0.5, 0.6) is 11.5 Å². The summed E-state index contributed by atoms with van der Waals surface area (Å²) in [5.41, 5.74) is 0.445. The van der Waals surface area contributed by atoms with Gasteiger partial charge in [-0.15, -0.1) is 0 Å². The molecule has 0 atom stereocenters. The Morgan fingerprint density at radius 1 is 1.05 bits per heavy atom. The Kier molecular flexibility index (Phi) is 5.92. The molecule has 0 aliphatic carbocycles. The highest BCUT2D eigenvalue weighted by molar-refractivity contribution is 6.43. The van der Waals surface area contributed by atoms with Crippen molar-refractivity contribution < 1.29 is 14.3 Å². The molecule has 0 fully saturated rings. The number of rotatable bonds is 6. The predicted octanol–water partition coefficient (Wildman–Crippen LogP) is 4.41. The molecule has 0 saturated heterocycles. The number of hydrogen-bond donors (Lipinski definition) is 1. The fourth-order valence-electron chi connectivity index (χ4n) is 1.77. The number of nitrogens with one attached hydrogen (secondary N) is 1. The highest BCUT2D eigenvalue weighted by atomic mass is 35.5. The van der Waals surface area contributed by atoms with Crippen LogP contribution in [0.2, 0.25) is 10.0 Å². The lowest BCUT2D eigenvalue weighted by atomic mass is 10.3. The first-order valence-electron chi connectivity index (χ1n) is 6.70. The molecular weight excluding hydrogens is 325 g/mol. The molecule has 116 valence electrons. The van der Waals surface area contributed by atoms with E-state index < -0.39 is 0 Å². The van der Waals surface area contributed by atoms with Gasteiger partial charge in [0.1, 0.15) is 0 Å². The minimum absolute atomic E-state index is 0.160. The number of carbonyl (C=O) groups is 1. The van der Waals surface area contributed by atoms with Crippen LogP contribution in [0.4, 0.5) is 5.69 Å². The maximum absolute atomic E-state index is 11.9. The van der Waals surface area contributed by atoms with Gasteiger partial charge < -0.3 is 14.8 Å². The van der Waals surface area contributed by atoms with Crippen molar-refractivity contribution in [1.82, 2.24) is 0 Å². The Labute approximate surface area is 138 Å². The van der Waals surface area contributed by atoms with E-state index in [1.54, 1.807) is 30.3 Å². The molecule has 0 bridgehead atoms. The molecule has 0 aliphatic heterocycles. The minimum atomic E-state index is -0.338. The van der Waals surface area contributed by atoms with Crippen LogP contribution < -0.4 is 14.8 Å². The van der Waals surface area contributed by atoms with Crippen molar-refractivity contribution in [3.05, 3.63) is 52.5 Å². The molecule has 4 nitrogen and oxygen atoms in total. The van der Waals surface area contributed by atoms with Crippen LogP contribution in [0.1, 0.15) is 6.92 Å². The lowest BCUT2D eigenvalue weighted by Gasteiger charge is -2.12. The van der Waals surface area contributed by atoms with E-state index in [1.165, 1.54) is 0 Å². The summed E-state index contributed by atoms with van der Waals surface area (Å²) in [6.07, 6.45) is 0. The van der Waals surface area contributed by atoms with E-state index in [0.717, 1.165) is 0 Å². The normalized spacial score (nSPS) is 10.1. The topological polar surface area (TPSA) is 47.6 Å². The summed E-state index contributed by atoms with van der Waals surface area (Å²) >= 11 is 11.9. The average molecular weight is 340 g/mol. The molecule has 2 aromatic rings. The maximum Gasteiger partial charge on any atom is 0.262 e. The molecule has 22 heavy (non-hydrogen) atoms. The molecule has 0 saturated carbocycles. The highest BCUT2D eigenvalue weighted by Gasteiger charge is 2.10.